The molecule has 1 aliphatic rings. The van der Waals surface area contributed by atoms with E-state index in [0.29, 0.717) is 12.1 Å². The smallest absolute Gasteiger partial charge is 0.254 e. The first kappa shape index (κ1) is 14.8. The van der Waals surface area contributed by atoms with E-state index in [1.165, 1.54) is 18.2 Å². The van der Waals surface area contributed by atoms with Gasteiger partial charge < -0.3 is 10.6 Å². The lowest BCUT2D eigenvalue weighted by Crippen LogP contribution is -2.42. The van der Waals surface area contributed by atoms with Crippen LogP contribution in [0.25, 0.3) is 0 Å². The van der Waals surface area contributed by atoms with Gasteiger partial charge in [-0.25, -0.2) is 8.42 Å². The molecule has 0 spiro atoms. The second-order valence-electron chi connectivity index (χ2n) is 5.94. The van der Waals surface area contributed by atoms with Gasteiger partial charge in [-0.3, -0.25) is 4.79 Å². The Morgan fingerprint density at radius 2 is 1.95 bits per heavy atom. The first-order valence-electron chi connectivity index (χ1n) is 6.54. The van der Waals surface area contributed by atoms with Crippen LogP contribution in [0.4, 0.5) is 5.69 Å². The lowest BCUT2D eigenvalue weighted by Gasteiger charge is -2.31. The number of nitrogens with zero attached hydrogens (tertiary/aromatic N) is 1. The fourth-order valence-corrected chi connectivity index (χ4v) is 3.29. The highest BCUT2D eigenvalue weighted by atomic mass is 32.2. The number of nitrogens with two attached hydrogens (primary N) is 1. The number of nitrogen functional groups attached to an aromatic ring is 1. The zero-order valence-electron chi connectivity index (χ0n) is 12.0. The fourth-order valence-electron chi connectivity index (χ4n) is 2.60. The second kappa shape index (κ2) is 4.77. The van der Waals surface area contributed by atoms with Gasteiger partial charge in [0.25, 0.3) is 5.91 Å². The van der Waals surface area contributed by atoms with Crippen molar-refractivity contribution in [3.63, 3.8) is 0 Å². The number of likely N-dealkylation sites (tertiary alicyclic amines) is 1. The van der Waals surface area contributed by atoms with Crippen LogP contribution < -0.4 is 5.73 Å². The monoisotopic (exact) mass is 296 g/mol. The van der Waals surface area contributed by atoms with Gasteiger partial charge in [0.1, 0.15) is 0 Å². The van der Waals surface area contributed by atoms with Gasteiger partial charge in [-0.15, -0.1) is 0 Å². The van der Waals surface area contributed by atoms with Gasteiger partial charge in [0, 0.05) is 29.6 Å². The lowest BCUT2D eigenvalue weighted by molar-refractivity contribution is 0.0652. The van der Waals surface area contributed by atoms with Crippen LogP contribution in [-0.2, 0) is 9.84 Å². The summed E-state index contributed by atoms with van der Waals surface area (Å²) in [6.45, 7) is 4.72. The van der Waals surface area contributed by atoms with Crippen molar-refractivity contribution in [2.24, 2.45) is 0 Å². The number of hydrogen-bond acceptors (Lipinski definition) is 4. The molecule has 0 aliphatic carbocycles. The quantitative estimate of drug-likeness (QED) is 0.842. The molecule has 2 N–H and O–H groups in total. The van der Waals surface area contributed by atoms with Gasteiger partial charge >= 0.3 is 0 Å². The van der Waals surface area contributed by atoms with Gasteiger partial charge in [0.05, 0.1) is 4.90 Å². The van der Waals surface area contributed by atoms with Crippen molar-refractivity contribution in [2.45, 2.75) is 37.1 Å². The molecule has 1 heterocycles. The fraction of sp³-hybridized carbons (Fsp3) is 0.500. The predicted octanol–water partition coefficient (Wildman–Crippen LogP) is 1.69. The van der Waals surface area contributed by atoms with Gasteiger partial charge in [-0.1, -0.05) is 0 Å². The average molecular weight is 296 g/mol. The summed E-state index contributed by atoms with van der Waals surface area (Å²) in [5, 5.41) is 0. The van der Waals surface area contributed by atoms with E-state index in [1.807, 2.05) is 13.8 Å². The molecule has 0 bridgehead atoms. The Kier molecular flexibility index (Phi) is 3.54. The maximum atomic E-state index is 12.6. The Hall–Kier alpha value is -1.56. The number of carbonyl (C=O) groups excluding carboxylic acids is 1. The number of sulfone groups is 1. The highest BCUT2D eigenvalue weighted by Gasteiger charge is 2.36. The first-order valence-corrected chi connectivity index (χ1v) is 8.43. The van der Waals surface area contributed by atoms with Crippen LogP contribution in [0.15, 0.2) is 23.1 Å². The maximum Gasteiger partial charge on any atom is 0.254 e. The molecule has 0 unspecified atom stereocenters. The van der Waals surface area contributed by atoms with E-state index in [2.05, 4.69) is 0 Å². The van der Waals surface area contributed by atoms with Crippen molar-refractivity contribution >= 4 is 21.4 Å². The molecule has 20 heavy (non-hydrogen) atoms. The minimum atomic E-state index is -3.38. The van der Waals surface area contributed by atoms with E-state index in [4.69, 9.17) is 5.73 Å². The third-order valence-electron chi connectivity index (χ3n) is 3.75. The highest BCUT2D eigenvalue weighted by molar-refractivity contribution is 7.90. The topological polar surface area (TPSA) is 80.5 Å². The number of benzene rings is 1. The number of rotatable bonds is 2. The number of carbonyl (C=O) groups is 1. The summed E-state index contributed by atoms with van der Waals surface area (Å²) >= 11 is 0. The van der Waals surface area contributed by atoms with E-state index in [0.717, 1.165) is 19.1 Å². The standard InChI is InChI=1S/C14H20N2O3S/c1-14(2)5-4-6-16(14)13(17)10-7-11(15)9-12(8-10)20(3,18)19/h7-9H,4-6,15H2,1-3H3. The molecule has 1 fully saturated rings. The molecule has 1 aromatic rings. The van der Waals surface area contributed by atoms with Crippen LogP contribution in [-0.4, -0.2) is 37.6 Å². The molecule has 1 aromatic carbocycles. The molecule has 0 saturated carbocycles. The number of anilines is 1. The van der Waals surface area contributed by atoms with E-state index >= 15 is 0 Å². The largest absolute Gasteiger partial charge is 0.399 e. The Bertz CT molecular complexity index is 650. The zero-order chi connectivity index (χ0) is 15.1. The van der Waals surface area contributed by atoms with Crippen molar-refractivity contribution in [2.75, 3.05) is 18.5 Å². The highest BCUT2D eigenvalue weighted by Crippen LogP contribution is 2.30. The van der Waals surface area contributed by atoms with Crippen molar-refractivity contribution in [1.82, 2.24) is 4.90 Å². The summed E-state index contributed by atoms with van der Waals surface area (Å²) < 4.78 is 23.3. The van der Waals surface area contributed by atoms with E-state index in [9.17, 15) is 13.2 Å². The second-order valence-corrected chi connectivity index (χ2v) is 7.95. The Balaban J connectivity index is 2.43. The lowest BCUT2D eigenvalue weighted by atomic mass is 10.0. The molecule has 1 amide bonds. The Labute approximate surface area is 119 Å². The van der Waals surface area contributed by atoms with Crippen molar-refractivity contribution < 1.29 is 13.2 Å². The van der Waals surface area contributed by atoms with Crippen LogP contribution in [0, 0.1) is 0 Å². The Morgan fingerprint density at radius 1 is 1.30 bits per heavy atom. The molecule has 0 atom stereocenters. The molecule has 0 aromatic heterocycles. The normalized spacial score (nSPS) is 18.2. The summed E-state index contributed by atoms with van der Waals surface area (Å²) in [6, 6.07) is 4.31. The molecular weight excluding hydrogens is 276 g/mol. The molecule has 1 saturated heterocycles. The Morgan fingerprint density at radius 3 is 2.45 bits per heavy atom. The van der Waals surface area contributed by atoms with Crippen LogP contribution in [0.5, 0.6) is 0 Å². The van der Waals surface area contributed by atoms with Crippen LogP contribution in [0.3, 0.4) is 0 Å². The minimum absolute atomic E-state index is 0.0813. The third kappa shape index (κ3) is 2.80. The summed E-state index contributed by atoms with van der Waals surface area (Å²) in [6.07, 6.45) is 3.01. The first-order chi connectivity index (χ1) is 9.11. The van der Waals surface area contributed by atoms with Crippen molar-refractivity contribution in [3.05, 3.63) is 23.8 Å². The molecule has 1 aliphatic heterocycles. The number of hydrogen-bond donors (Lipinski definition) is 1. The SMILES string of the molecule is CC1(C)CCCN1C(=O)c1cc(N)cc(S(C)(=O)=O)c1. The van der Waals surface area contributed by atoms with Gasteiger partial charge in [0.15, 0.2) is 9.84 Å². The number of amides is 1. The zero-order valence-corrected chi connectivity index (χ0v) is 12.8. The summed E-state index contributed by atoms with van der Waals surface area (Å²) in [5.41, 5.74) is 6.14. The molecule has 2 rings (SSSR count). The summed E-state index contributed by atoms with van der Waals surface area (Å²) in [4.78, 5) is 14.4. The predicted molar refractivity (Wildman–Crippen MR) is 78.3 cm³/mol. The summed E-state index contributed by atoms with van der Waals surface area (Å²) in [7, 11) is -3.38. The molecule has 110 valence electrons. The average Bonchev–Trinajstić information content (AvgIpc) is 2.66. The molecular formula is C14H20N2O3S. The van der Waals surface area contributed by atoms with E-state index < -0.39 is 9.84 Å². The molecule has 6 heteroatoms. The van der Waals surface area contributed by atoms with Crippen LogP contribution in [0.1, 0.15) is 37.0 Å². The van der Waals surface area contributed by atoms with Crippen molar-refractivity contribution in [1.29, 1.82) is 0 Å². The maximum absolute atomic E-state index is 12.6. The van der Waals surface area contributed by atoms with Crippen molar-refractivity contribution in [3.8, 4) is 0 Å². The molecule has 0 radical (unpaired) electrons. The molecule has 5 nitrogen and oxygen atoms in total. The van der Waals surface area contributed by atoms with E-state index in [-0.39, 0.29) is 22.0 Å². The van der Waals surface area contributed by atoms with Gasteiger partial charge in [-0.2, -0.15) is 0 Å². The summed E-state index contributed by atoms with van der Waals surface area (Å²) in [5.74, 6) is -0.162. The minimum Gasteiger partial charge on any atom is -0.399 e. The third-order valence-corrected chi connectivity index (χ3v) is 4.84. The van der Waals surface area contributed by atoms with E-state index in [1.54, 1.807) is 4.90 Å². The van der Waals surface area contributed by atoms with Crippen LogP contribution >= 0.6 is 0 Å². The van der Waals surface area contributed by atoms with Gasteiger partial charge in [0.2, 0.25) is 0 Å². The van der Waals surface area contributed by atoms with Crippen LogP contribution in [0.2, 0.25) is 0 Å². The van der Waals surface area contributed by atoms with Gasteiger partial charge in [-0.05, 0) is 44.9 Å².